The van der Waals surface area contributed by atoms with Gasteiger partial charge >= 0.3 is 0 Å². The van der Waals surface area contributed by atoms with Gasteiger partial charge in [-0.25, -0.2) is 0 Å². The first-order chi connectivity index (χ1) is 6.75. The summed E-state index contributed by atoms with van der Waals surface area (Å²) >= 11 is 2.07. The van der Waals surface area contributed by atoms with Crippen molar-refractivity contribution in [2.75, 3.05) is 17.2 Å². The van der Waals surface area contributed by atoms with E-state index >= 15 is 0 Å². The zero-order chi connectivity index (χ0) is 9.97. The van der Waals surface area contributed by atoms with Gasteiger partial charge in [0, 0.05) is 13.1 Å². The number of nitrogens with zero attached hydrogens (tertiary/aromatic N) is 2. The van der Waals surface area contributed by atoms with E-state index in [1.807, 2.05) is 13.1 Å². The molecular formula is C10H17N3S. The summed E-state index contributed by atoms with van der Waals surface area (Å²) in [6.45, 7) is 0. The molecule has 0 saturated carbocycles. The number of nitrogens with two attached hydrogens (primary N) is 1. The number of hydrogen-bond acceptors (Lipinski definition) is 3. The van der Waals surface area contributed by atoms with Crippen molar-refractivity contribution in [3.63, 3.8) is 0 Å². The standard InChI is InChI=1S/C10H17N3S/c1-13-10(11)6-9(12-13)5-8-3-2-4-14-7-8/h6,8H,2-5,7,11H2,1H3. The van der Waals surface area contributed by atoms with E-state index in [1.54, 1.807) is 4.68 Å². The molecule has 3 nitrogen and oxygen atoms in total. The molecule has 1 aliphatic heterocycles. The summed E-state index contributed by atoms with van der Waals surface area (Å²) < 4.78 is 1.76. The number of aromatic nitrogens is 2. The highest BCUT2D eigenvalue weighted by atomic mass is 32.2. The highest BCUT2D eigenvalue weighted by molar-refractivity contribution is 7.99. The van der Waals surface area contributed by atoms with E-state index in [9.17, 15) is 0 Å². The number of aryl methyl sites for hydroxylation is 1. The second kappa shape index (κ2) is 4.26. The molecule has 0 radical (unpaired) electrons. The van der Waals surface area contributed by atoms with Gasteiger partial charge in [-0.15, -0.1) is 0 Å². The Kier molecular flexibility index (Phi) is 3.01. The molecule has 1 saturated heterocycles. The molecule has 0 spiro atoms. The van der Waals surface area contributed by atoms with Gasteiger partial charge in [0.2, 0.25) is 0 Å². The lowest BCUT2D eigenvalue weighted by atomic mass is 10.00. The zero-order valence-corrected chi connectivity index (χ0v) is 9.39. The van der Waals surface area contributed by atoms with Crippen LogP contribution in [0.25, 0.3) is 0 Å². The van der Waals surface area contributed by atoms with Crippen molar-refractivity contribution in [1.29, 1.82) is 0 Å². The van der Waals surface area contributed by atoms with Gasteiger partial charge in [-0.2, -0.15) is 16.9 Å². The maximum Gasteiger partial charge on any atom is 0.121 e. The number of hydrogen-bond donors (Lipinski definition) is 1. The van der Waals surface area contributed by atoms with Crippen LogP contribution in [0.2, 0.25) is 0 Å². The summed E-state index contributed by atoms with van der Waals surface area (Å²) in [6, 6.07) is 2.00. The zero-order valence-electron chi connectivity index (χ0n) is 8.57. The van der Waals surface area contributed by atoms with Crippen LogP contribution >= 0.6 is 11.8 Å². The van der Waals surface area contributed by atoms with Crippen LogP contribution in [0.4, 0.5) is 5.82 Å². The molecule has 1 aliphatic rings. The average Bonchev–Trinajstić information content (AvgIpc) is 2.47. The molecule has 0 aromatic carbocycles. The fourth-order valence-electron chi connectivity index (χ4n) is 1.91. The molecule has 2 rings (SSSR count). The van der Waals surface area contributed by atoms with Gasteiger partial charge in [0.1, 0.15) is 5.82 Å². The van der Waals surface area contributed by atoms with Crippen molar-refractivity contribution < 1.29 is 0 Å². The number of rotatable bonds is 2. The van der Waals surface area contributed by atoms with Crippen LogP contribution in [-0.4, -0.2) is 21.3 Å². The topological polar surface area (TPSA) is 43.8 Å². The summed E-state index contributed by atoms with van der Waals surface area (Å²) in [7, 11) is 1.90. The van der Waals surface area contributed by atoms with Crippen LogP contribution in [-0.2, 0) is 13.5 Å². The van der Waals surface area contributed by atoms with E-state index in [2.05, 4.69) is 16.9 Å². The Hall–Kier alpha value is -0.640. The first-order valence-corrected chi connectivity index (χ1v) is 6.27. The number of thioether (sulfide) groups is 1. The predicted molar refractivity (Wildman–Crippen MR) is 61.4 cm³/mol. The monoisotopic (exact) mass is 211 g/mol. The Bertz CT molecular complexity index is 283. The molecule has 0 aliphatic carbocycles. The molecular weight excluding hydrogens is 194 g/mol. The van der Waals surface area contributed by atoms with Crippen molar-refractivity contribution in [2.24, 2.45) is 13.0 Å². The van der Waals surface area contributed by atoms with Crippen LogP contribution < -0.4 is 5.73 Å². The van der Waals surface area contributed by atoms with Gasteiger partial charge in [-0.1, -0.05) is 0 Å². The van der Waals surface area contributed by atoms with Gasteiger partial charge in [-0.3, -0.25) is 4.68 Å². The molecule has 1 aromatic heterocycles. The fraction of sp³-hybridized carbons (Fsp3) is 0.700. The van der Waals surface area contributed by atoms with Crippen LogP contribution in [0.15, 0.2) is 6.07 Å². The Morgan fingerprint density at radius 3 is 3.14 bits per heavy atom. The van der Waals surface area contributed by atoms with Crippen molar-refractivity contribution in [3.8, 4) is 0 Å². The Labute approximate surface area is 89.1 Å². The van der Waals surface area contributed by atoms with E-state index in [1.165, 1.54) is 24.3 Å². The van der Waals surface area contributed by atoms with Crippen LogP contribution in [0.3, 0.4) is 0 Å². The normalized spacial score (nSPS) is 22.5. The maximum atomic E-state index is 5.74. The van der Waals surface area contributed by atoms with E-state index in [0.717, 1.165) is 23.9 Å². The highest BCUT2D eigenvalue weighted by Gasteiger charge is 2.15. The van der Waals surface area contributed by atoms with Gasteiger partial charge < -0.3 is 5.73 Å². The second-order valence-electron chi connectivity index (χ2n) is 3.97. The van der Waals surface area contributed by atoms with Gasteiger partial charge in [0.15, 0.2) is 0 Å². The van der Waals surface area contributed by atoms with Gasteiger partial charge in [-0.05, 0) is 36.7 Å². The maximum absolute atomic E-state index is 5.74. The molecule has 2 N–H and O–H groups in total. The third-order valence-corrected chi connectivity index (χ3v) is 4.00. The minimum Gasteiger partial charge on any atom is -0.384 e. The third-order valence-electron chi connectivity index (χ3n) is 2.72. The molecule has 1 atom stereocenters. The number of anilines is 1. The summed E-state index contributed by atoms with van der Waals surface area (Å²) in [5, 5.41) is 4.39. The third kappa shape index (κ3) is 2.23. The Morgan fingerprint density at radius 1 is 1.71 bits per heavy atom. The lowest BCUT2D eigenvalue weighted by Gasteiger charge is -2.19. The predicted octanol–water partition coefficient (Wildman–Crippen LogP) is 1.69. The number of nitrogen functional groups attached to an aromatic ring is 1. The molecule has 0 amide bonds. The van der Waals surface area contributed by atoms with Crippen molar-refractivity contribution in [3.05, 3.63) is 11.8 Å². The SMILES string of the molecule is Cn1nc(CC2CCCSC2)cc1N. The quantitative estimate of drug-likeness (QED) is 0.809. The van der Waals surface area contributed by atoms with E-state index in [4.69, 9.17) is 5.73 Å². The fourth-order valence-corrected chi connectivity index (χ4v) is 3.06. The lowest BCUT2D eigenvalue weighted by Crippen LogP contribution is -2.13. The summed E-state index contributed by atoms with van der Waals surface area (Å²) in [5.74, 6) is 4.20. The second-order valence-corrected chi connectivity index (χ2v) is 5.12. The minimum atomic E-state index is 0.767. The van der Waals surface area contributed by atoms with E-state index < -0.39 is 0 Å². The average molecular weight is 211 g/mol. The molecule has 4 heteroatoms. The van der Waals surface area contributed by atoms with Gasteiger partial charge in [0.05, 0.1) is 5.69 Å². The first kappa shape index (κ1) is 9.90. The van der Waals surface area contributed by atoms with Crippen LogP contribution in [0, 0.1) is 5.92 Å². The molecule has 1 aromatic rings. The molecule has 0 bridgehead atoms. The van der Waals surface area contributed by atoms with Gasteiger partial charge in [0.25, 0.3) is 0 Å². The molecule has 14 heavy (non-hydrogen) atoms. The molecule has 1 fully saturated rings. The Balaban J connectivity index is 1.95. The molecule has 1 unspecified atom stereocenters. The lowest BCUT2D eigenvalue weighted by molar-refractivity contribution is 0.512. The summed E-state index contributed by atoms with van der Waals surface area (Å²) in [6.07, 6.45) is 3.80. The van der Waals surface area contributed by atoms with Crippen molar-refractivity contribution >= 4 is 17.6 Å². The summed E-state index contributed by atoms with van der Waals surface area (Å²) in [4.78, 5) is 0. The van der Waals surface area contributed by atoms with Crippen molar-refractivity contribution in [1.82, 2.24) is 9.78 Å². The minimum absolute atomic E-state index is 0.767. The first-order valence-electron chi connectivity index (χ1n) is 5.12. The smallest absolute Gasteiger partial charge is 0.121 e. The summed E-state index contributed by atoms with van der Waals surface area (Å²) in [5.41, 5.74) is 6.89. The Morgan fingerprint density at radius 2 is 2.57 bits per heavy atom. The molecule has 78 valence electrons. The van der Waals surface area contributed by atoms with Crippen LogP contribution in [0.1, 0.15) is 18.5 Å². The van der Waals surface area contributed by atoms with E-state index in [-0.39, 0.29) is 0 Å². The van der Waals surface area contributed by atoms with Crippen LogP contribution in [0.5, 0.6) is 0 Å². The largest absolute Gasteiger partial charge is 0.384 e. The van der Waals surface area contributed by atoms with E-state index in [0.29, 0.717) is 0 Å². The highest BCUT2D eigenvalue weighted by Crippen LogP contribution is 2.25. The van der Waals surface area contributed by atoms with Crippen molar-refractivity contribution in [2.45, 2.75) is 19.3 Å². The molecule has 2 heterocycles.